The standard InChI is InChI=1S/C25H23NO9/c1-14(27)32-21-13-31-25(24(34-16(3)29)23(21)33-15(2)28)35-20-10-8-19(9-11-20)22(30)18-6-4-17(12-26)5-7-18/h4-11,21,23-25H,13H2,1-3H3/t21-,23-,24+,25+/m0/s1. The smallest absolute Gasteiger partial charge is 0.303 e. The second kappa shape index (κ2) is 11.3. The molecule has 3 rings (SSSR count). The summed E-state index contributed by atoms with van der Waals surface area (Å²) in [5.41, 5.74) is 1.25. The minimum atomic E-state index is -1.23. The summed E-state index contributed by atoms with van der Waals surface area (Å²) in [6, 6.07) is 14.4. The Bertz CT molecular complexity index is 1140. The van der Waals surface area contributed by atoms with E-state index in [1.54, 1.807) is 36.4 Å². The topological polar surface area (TPSA) is 138 Å². The number of esters is 3. The zero-order valence-corrected chi connectivity index (χ0v) is 19.3. The summed E-state index contributed by atoms with van der Waals surface area (Å²) < 4.78 is 27.2. The minimum Gasteiger partial charge on any atom is -0.461 e. The maximum Gasteiger partial charge on any atom is 0.303 e. The Morgan fingerprint density at radius 3 is 1.83 bits per heavy atom. The molecule has 1 saturated heterocycles. The van der Waals surface area contributed by atoms with Crippen LogP contribution in [-0.4, -0.2) is 54.9 Å². The minimum absolute atomic E-state index is 0.171. The van der Waals surface area contributed by atoms with Gasteiger partial charge in [0.1, 0.15) is 5.75 Å². The SMILES string of the molecule is CC(=O)O[C@@H]1[C@@H](OC(C)=O)[C@@H](Oc2ccc(C(=O)c3ccc(C#N)cc3)cc2)OC[C@@H]1OC(C)=O. The Balaban J connectivity index is 1.78. The van der Waals surface area contributed by atoms with Gasteiger partial charge in [-0.05, 0) is 48.5 Å². The van der Waals surface area contributed by atoms with E-state index in [1.165, 1.54) is 32.9 Å². The Morgan fingerprint density at radius 2 is 1.31 bits per heavy atom. The third-order valence-electron chi connectivity index (χ3n) is 4.95. The zero-order valence-electron chi connectivity index (χ0n) is 19.3. The summed E-state index contributed by atoms with van der Waals surface area (Å²) in [7, 11) is 0. The Labute approximate surface area is 201 Å². The van der Waals surface area contributed by atoms with Crippen molar-refractivity contribution in [2.45, 2.75) is 45.4 Å². The number of ether oxygens (including phenoxy) is 5. The largest absolute Gasteiger partial charge is 0.461 e. The molecule has 0 unspecified atom stereocenters. The first-order chi connectivity index (χ1) is 16.7. The summed E-state index contributed by atoms with van der Waals surface area (Å²) in [5.74, 6) is -1.94. The number of ketones is 1. The van der Waals surface area contributed by atoms with Crippen molar-refractivity contribution in [3.05, 3.63) is 65.2 Å². The van der Waals surface area contributed by atoms with Crippen LogP contribution in [0.1, 0.15) is 42.3 Å². The molecule has 10 nitrogen and oxygen atoms in total. The molecular weight excluding hydrogens is 458 g/mol. The van der Waals surface area contributed by atoms with Crippen LogP contribution in [0.2, 0.25) is 0 Å². The van der Waals surface area contributed by atoms with E-state index in [4.69, 9.17) is 28.9 Å². The van der Waals surface area contributed by atoms with Crippen molar-refractivity contribution < 1.29 is 42.9 Å². The Morgan fingerprint density at radius 1 is 0.800 bits per heavy atom. The van der Waals surface area contributed by atoms with Crippen LogP contribution in [0.5, 0.6) is 5.75 Å². The summed E-state index contributed by atoms with van der Waals surface area (Å²) in [5, 5.41) is 8.90. The van der Waals surface area contributed by atoms with Gasteiger partial charge in [0.25, 0.3) is 0 Å². The van der Waals surface area contributed by atoms with Gasteiger partial charge in [0, 0.05) is 31.9 Å². The fourth-order valence-electron chi connectivity index (χ4n) is 3.49. The van der Waals surface area contributed by atoms with E-state index in [-0.39, 0.29) is 18.1 Å². The summed E-state index contributed by atoms with van der Waals surface area (Å²) >= 11 is 0. The third kappa shape index (κ3) is 6.65. The molecule has 1 fully saturated rings. The molecule has 35 heavy (non-hydrogen) atoms. The highest BCUT2D eigenvalue weighted by atomic mass is 16.7. The molecule has 0 aromatic heterocycles. The van der Waals surface area contributed by atoms with E-state index in [2.05, 4.69) is 0 Å². The van der Waals surface area contributed by atoms with E-state index >= 15 is 0 Å². The second-order valence-electron chi connectivity index (χ2n) is 7.66. The number of nitriles is 1. The maximum absolute atomic E-state index is 12.7. The molecule has 10 heteroatoms. The van der Waals surface area contributed by atoms with Gasteiger partial charge in [0.2, 0.25) is 12.4 Å². The lowest BCUT2D eigenvalue weighted by Gasteiger charge is -2.40. The maximum atomic E-state index is 12.7. The number of hydrogen-bond acceptors (Lipinski definition) is 10. The quantitative estimate of drug-likeness (QED) is 0.329. The number of carbonyl (C=O) groups excluding carboxylic acids is 4. The first-order valence-corrected chi connectivity index (χ1v) is 10.6. The van der Waals surface area contributed by atoms with Crippen molar-refractivity contribution in [2.24, 2.45) is 0 Å². The molecule has 0 spiro atoms. The molecule has 1 aliphatic heterocycles. The van der Waals surface area contributed by atoms with Gasteiger partial charge < -0.3 is 23.7 Å². The predicted molar refractivity (Wildman–Crippen MR) is 118 cm³/mol. The molecular formula is C25H23NO9. The molecule has 2 aromatic carbocycles. The van der Waals surface area contributed by atoms with E-state index < -0.39 is 42.5 Å². The lowest BCUT2D eigenvalue weighted by atomic mass is 10.0. The number of hydrogen-bond donors (Lipinski definition) is 0. The molecule has 1 heterocycles. The second-order valence-corrected chi connectivity index (χ2v) is 7.66. The number of rotatable bonds is 7. The van der Waals surface area contributed by atoms with Gasteiger partial charge in [-0.2, -0.15) is 5.26 Å². The number of benzene rings is 2. The van der Waals surface area contributed by atoms with Crippen LogP contribution < -0.4 is 4.74 Å². The first kappa shape index (κ1) is 25.4. The van der Waals surface area contributed by atoms with Crippen molar-refractivity contribution in [1.29, 1.82) is 5.26 Å². The van der Waals surface area contributed by atoms with E-state index in [0.29, 0.717) is 16.7 Å². The number of nitrogens with zero attached hydrogens (tertiary/aromatic N) is 1. The van der Waals surface area contributed by atoms with E-state index in [0.717, 1.165) is 0 Å². The van der Waals surface area contributed by atoms with Crippen molar-refractivity contribution >= 4 is 23.7 Å². The monoisotopic (exact) mass is 481 g/mol. The summed E-state index contributed by atoms with van der Waals surface area (Å²) in [6.45, 7) is 3.36. The van der Waals surface area contributed by atoms with Crippen molar-refractivity contribution in [3.63, 3.8) is 0 Å². The zero-order chi connectivity index (χ0) is 25.5. The van der Waals surface area contributed by atoms with Gasteiger partial charge >= 0.3 is 17.9 Å². The van der Waals surface area contributed by atoms with Crippen LogP contribution in [0.3, 0.4) is 0 Å². The third-order valence-corrected chi connectivity index (χ3v) is 4.95. The summed E-state index contributed by atoms with van der Waals surface area (Å²) in [4.78, 5) is 47.6. The lowest BCUT2D eigenvalue weighted by molar-refractivity contribution is -0.259. The first-order valence-electron chi connectivity index (χ1n) is 10.6. The van der Waals surface area contributed by atoms with Crippen molar-refractivity contribution in [1.82, 2.24) is 0 Å². The van der Waals surface area contributed by atoms with Crippen LogP contribution in [0.4, 0.5) is 0 Å². The average Bonchev–Trinajstić information content (AvgIpc) is 2.82. The van der Waals surface area contributed by atoms with Gasteiger partial charge in [-0.1, -0.05) is 0 Å². The highest BCUT2D eigenvalue weighted by molar-refractivity contribution is 6.09. The van der Waals surface area contributed by atoms with Gasteiger partial charge in [-0.15, -0.1) is 0 Å². The molecule has 0 bridgehead atoms. The molecule has 0 N–H and O–H groups in total. The average molecular weight is 481 g/mol. The van der Waals surface area contributed by atoms with Crippen LogP contribution >= 0.6 is 0 Å². The highest BCUT2D eigenvalue weighted by Crippen LogP contribution is 2.27. The van der Waals surface area contributed by atoms with Gasteiger partial charge in [-0.3, -0.25) is 19.2 Å². The van der Waals surface area contributed by atoms with E-state index in [9.17, 15) is 19.2 Å². The molecule has 4 atom stereocenters. The molecule has 2 aromatic rings. The van der Waals surface area contributed by atoms with Gasteiger partial charge in [-0.25, -0.2) is 0 Å². The fraction of sp³-hybridized carbons (Fsp3) is 0.320. The van der Waals surface area contributed by atoms with Crippen LogP contribution in [0.15, 0.2) is 48.5 Å². The lowest BCUT2D eigenvalue weighted by Crippen LogP contribution is -2.59. The van der Waals surface area contributed by atoms with Gasteiger partial charge in [0.15, 0.2) is 18.0 Å². The molecule has 182 valence electrons. The highest BCUT2D eigenvalue weighted by Gasteiger charge is 2.48. The van der Waals surface area contributed by atoms with Crippen LogP contribution in [0, 0.1) is 11.3 Å². The Kier molecular flexibility index (Phi) is 8.17. The van der Waals surface area contributed by atoms with Crippen LogP contribution in [0.25, 0.3) is 0 Å². The van der Waals surface area contributed by atoms with E-state index in [1.807, 2.05) is 6.07 Å². The summed E-state index contributed by atoms with van der Waals surface area (Å²) in [6.07, 6.45) is -4.58. The Hall–Kier alpha value is -4.23. The molecule has 0 saturated carbocycles. The predicted octanol–water partition coefficient (Wildman–Crippen LogP) is 2.32. The fourth-order valence-corrected chi connectivity index (χ4v) is 3.49. The molecule has 0 amide bonds. The number of carbonyl (C=O) groups is 4. The van der Waals surface area contributed by atoms with Gasteiger partial charge in [0.05, 0.1) is 18.2 Å². The van der Waals surface area contributed by atoms with Crippen LogP contribution in [-0.2, 0) is 33.3 Å². The van der Waals surface area contributed by atoms with Crippen molar-refractivity contribution in [2.75, 3.05) is 6.61 Å². The van der Waals surface area contributed by atoms with Crippen molar-refractivity contribution in [3.8, 4) is 11.8 Å². The normalized spacial score (nSPS) is 21.2. The molecule has 0 aliphatic carbocycles. The molecule has 1 aliphatic rings. The molecule has 0 radical (unpaired) electrons.